The van der Waals surface area contributed by atoms with Gasteiger partial charge >= 0.3 is 0 Å². The minimum Gasteiger partial charge on any atom is -0.393 e. The Morgan fingerprint density at radius 3 is 1.32 bits per heavy atom. The molecule has 0 aromatic heterocycles. The molecule has 28 heavy (non-hydrogen) atoms. The van der Waals surface area contributed by atoms with E-state index in [9.17, 15) is 15.0 Å². The van der Waals surface area contributed by atoms with Crippen molar-refractivity contribution in [3.8, 4) is 0 Å². The molecule has 4 rings (SSSR count). The number of hydrogen-bond donors (Lipinski definition) is 2. The zero-order valence-electron chi connectivity index (χ0n) is 18.1. The Balaban J connectivity index is 1.40. The molecule has 2 N–H and O–H groups in total. The molecule has 4 aliphatic rings. The topological polar surface area (TPSA) is 57.5 Å². The van der Waals surface area contributed by atoms with Crippen LogP contribution in [-0.2, 0) is 4.79 Å². The Kier molecular flexibility index (Phi) is 6.52. The first kappa shape index (κ1) is 20.8. The van der Waals surface area contributed by atoms with Crippen LogP contribution in [0, 0.1) is 47.3 Å². The van der Waals surface area contributed by atoms with E-state index in [4.69, 9.17) is 0 Å². The Hall–Kier alpha value is -0.410. The summed E-state index contributed by atoms with van der Waals surface area (Å²) in [6, 6.07) is 0. The van der Waals surface area contributed by atoms with Crippen LogP contribution < -0.4 is 0 Å². The molecule has 0 saturated heterocycles. The van der Waals surface area contributed by atoms with Crippen molar-refractivity contribution in [2.45, 2.75) is 103 Å². The summed E-state index contributed by atoms with van der Waals surface area (Å²) >= 11 is 0. The van der Waals surface area contributed by atoms with Crippen LogP contribution in [0.5, 0.6) is 0 Å². The van der Waals surface area contributed by atoms with Crippen molar-refractivity contribution in [1.29, 1.82) is 0 Å². The van der Waals surface area contributed by atoms with Crippen LogP contribution in [0.3, 0.4) is 0 Å². The zero-order valence-corrected chi connectivity index (χ0v) is 18.1. The molecule has 0 aromatic rings. The molecular formula is C25H42O3. The van der Waals surface area contributed by atoms with Crippen molar-refractivity contribution in [2.24, 2.45) is 47.3 Å². The number of rotatable bonds is 4. The Morgan fingerprint density at radius 1 is 0.643 bits per heavy atom. The second kappa shape index (κ2) is 8.76. The number of ketones is 1. The molecule has 0 aromatic carbocycles. The summed E-state index contributed by atoms with van der Waals surface area (Å²) in [4.78, 5) is 13.4. The highest BCUT2D eigenvalue weighted by Gasteiger charge is 2.45. The van der Waals surface area contributed by atoms with Gasteiger partial charge in [-0.1, -0.05) is 65.2 Å². The second-order valence-electron chi connectivity index (χ2n) is 11.0. The summed E-state index contributed by atoms with van der Waals surface area (Å²) < 4.78 is 0. The number of Topliss-reactive ketones (excluding diaryl/α,β-unsaturated/α-hetero) is 1. The Morgan fingerprint density at radius 2 is 0.964 bits per heavy atom. The molecular weight excluding hydrogens is 348 g/mol. The summed E-state index contributed by atoms with van der Waals surface area (Å²) in [7, 11) is 0. The maximum Gasteiger partial charge on any atom is 0.139 e. The predicted molar refractivity (Wildman–Crippen MR) is 112 cm³/mol. The molecule has 0 bridgehead atoms. The van der Waals surface area contributed by atoms with Gasteiger partial charge in [0.15, 0.2) is 0 Å². The third-order valence-corrected chi connectivity index (χ3v) is 9.54. The van der Waals surface area contributed by atoms with Crippen molar-refractivity contribution in [2.75, 3.05) is 0 Å². The molecule has 160 valence electrons. The smallest absolute Gasteiger partial charge is 0.139 e. The van der Waals surface area contributed by atoms with Gasteiger partial charge in [0.1, 0.15) is 5.78 Å². The first-order valence-electron chi connectivity index (χ1n) is 12.4. The maximum atomic E-state index is 13.4. The van der Waals surface area contributed by atoms with Gasteiger partial charge < -0.3 is 10.2 Å². The Labute approximate surface area is 171 Å². The fraction of sp³-hybridized carbons (Fsp3) is 0.960. The van der Waals surface area contributed by atoms with E-state index in [1.54, 1.807) is 0 Å². The van der Waals surface area contributed by atoms with E-state index in [0.717, 1.165) is 37.5 Å². The average Bonchev–Trinajstić information content (AvgIpc) is 2.71. The molecule has 0 spiro atoms. The maximum absolute atomic E-state index is 13.4. The lowest BCUT2D eigenvalue weighted by Crippen LogP contribution is -2.46. The molecule has 10 unspecified atom stereocenters. The number of carbonyl (C=O) groups is 1. The molecule has 0 radical (unpaired) electrons. The van der Waals surface area contributed by atoms with Crippen molar-refractivity contribution in [1.82, 2.24) is 0 Å². The van der Waals surface area contributed by atoms with Crippen LogP contribution in [-0.4, -0.2) is 28.2 Å². The summed E-state index contributed by atoms with van der Waals surface area (Å²) in [6.45, 7) is 4.13. The normalized spacial score (nSPS) is 46.1. The van der Waals surface area contributed by atoms with Gasteiger partial charge in [-0.15, -0.1) is 0 Å². The lowest BCUT2D eigenvalue weighted by molar-refractivity contribution is -0.137. The fourth-order valence-corrected chi connectivity index (χ4v) is 7.70. The third kappa shape index (κ3) is 4.08. The molecule has 0 aliphatic heterocycles. The summed E-state index contributed by atoms with van der Waals surface area (Å²) in [5.74, 6) is 3.19. The average molecular weight is 391 g/mol. The number of carbonyl (C=O) groups excluding carboxylic acids is 1. The highest BCUT2D eigenvalue weighted by Crippen LogP contribution is 2.48. The van der Waals surface area contributed by atoms with Gasteiger partial charge in [0.25, 0.3) is 0 Å². The Bertz CT molecular complexity index is 500. The molecule has 10 atom stereocenters. The van der Waals surface area contributed by atoms with E-state index in [1.165, 1.54) is 51.4 Å². The van der Waals surface area contributed by atoms with Gasteiger partial charge in [0, 0.05) is 11.8 Å². The molecule has 4 aliphatic carbocycles. The monoisotopic (exact) mass is 390 g/mol. The SMILES string of the molecule is CC(C(=O)C(C)C1CC2CCCCC2CC1O)C1CC2CCCCC2CC1O. The van der Waals surface area contributed by atoms with Crippen LogP contribution in [0.4, 0.5) is 0 Å². The van der Waals surface area contributed by atoms with Gasteiger partial charge in [-0.05, 0) is 61.2 Å². The standard InChI is InChI=1S/C25H42O3/c1-15(21-11-17-7-3-5-9-19(17)13-23(21)26)25(28)16(2)22-12-18-8-4-6-10-20(18)14-24(22)27/h15-24,26-27H,3-14H2,1-2H3. The van der Waals surface area contributed by atoms with Crippen molar-refractivity contribution in [3.05, 3.63) is 0 Å². The number of hydrogen-bond acceptors (Lipinski definition) is 3. The molecule has 3 nitrogen and oxygen atoms in total. The minimum atomic E-state index is -0.315. The third-order valence-electron chi connectivity index (χ3n) is 9.54. The van der Waals surface area contributed by atoms with Crippen LogP contribution >= 0.6 is 0 Å². The van der Waals surface area contributed by atoms with E-state index >= 15 is 0 Å². The zero-order chi connectivity index (χ0) is 19.8. The van der Waals surface area contributed by atoms with Gasteiger partial charge in [0.2, 0.25) is 0 Å². The van der Waals surface area contributed by atoms with Crippen LogP contribution in [0.15, 0.2) is 0 Å². The first-order chi connectivity index (χ1) is 13.5. The van der Waals surface area contributed by atoms with Crippen molar-refractivity contribution >= 4 is 5.78 Å². The summed E-state index contributed by atoms with van der Waals surface area (Å²) in [6.07, 6.45) is 13.6. The van der Waals surface area contributed by atoms with Crippen LogP contribution in [0.2, 0.25) is 0 Å². The lowest BCUT2D eigenvalue weighted by Gasteiger charge is -2.46. The van der Waals surface area contributed by atoms with Gasteiger partial charge in [-0.25, -0.2) is 0 Å². The molecule has 4 fully saturated rings. The van der Waals surface area contributed by atoms with E-state index < -0.39 is 0 Å². The molecule has 3 heteroatoms. The highest BCUT2D eigenvalue weighted by atomic mass is 16.3. The second-order valence-corrected chi connectivity index (χ2v) is 11.0. The number of aliphatic hydroxyl groups excluding tert-OH is 2. The van der Waals surface area contributed by atoms with Gasteiger partial charge in [0.05, 0.1) is 12.2 Å². The summed E-state index contributed by atoms with van der Waals surface area (Å²) in [5, 5.41) is 21.6. The predicted octanol–water partition coefficient (Wildman–Crippen LogP) is 4.98. The molecule has 0 heterocycles. The first-order valence-corrected chi connectivity index (χ1v) is 12.4. The van der Waals surface area contributed by atoms with E-state index in [1.807, 2.05) is 0 Å². The quantitative estimate of drug-likeness (QED) is 0.711. The van der Waals surface area contributed by atoms with E-state index in [2.05, 4.69) is 13.8 Å². The largest absolute Gasteiger partial charge is 0.393 e. The number of fused-ring (bicyclic) bond motifs is 2. The molecule has 0 amide bonds. The van der Waals surface area contributed by atoms with Crippen molar-refractivity contribution < 1.29 is 15.0 Å². The fourth-order valence-electron chi connectivity index (χ4n) is 7.70. The van der Waals surface area contributed by atoms with Gasteiger partial charge in [-0.2, -0.15) is 0 Å². The van der Waals surface area contributed by atoms with E-state index in [-0.39, 0.29) is 35.9 Å². The van der Waals surface area contributed by atoms with Crippen LogP contribution in [0.1, 0.15) is 90.9 Å². The molecule has 4 saturated carbocycles. The van der Waals surface area contributed by atoms with E-state index in [0.29, 0.717) is 17.6 Å². The lowest BCUT2D eigenvalue weighted by atomic mass is 9.60. The van der Waals surface area contributed by atoms with Crippen LogP contribution in [0.25, 0.3) is 0 Å². The minimum absolute atomic E-state index is 0.0795. The van der Waals surface area contributed by atoms with Gasteiger partial charge in [-0.3, -0.25) is 4.79 Å². The van der Waals surface area contributed by atoms with Crippen molar-refractivity contribution in [3.63, 3.8) is 0 Å². The highest BCUT2D eigenvalue weighted by molar-refractivity contribution is 5.83. The summed E-state index contributed by atoms with van der Waals surface area (Å²) in [5.41, 5.74) is 0. The number of aliphatic hydroxyl groups is 2.